The highest BCUT2D eigenvalue weighted by molar-refractivity contribution is 6.30. The first kappa shape index (κ1) is 13.1. The van der Waals surface area contributed by atoms with Crippen LogP contribution >= 0.6 is 0 Å². The summed E-state index contributed by atoms with van der Waals surface area (Å²) in [6.45, 7) is 0.446. The number of hydrogen-bond acceptors (Lipinski definition) is 4. The Kier molecular flexibility index (Phi) is 3.47. The van der Waals surface area contributed by atoms with E-state index in [-0.39, 0.29) is 11.8 Å². The van der Waals surface area contributed by atoms with E-state index in [1.807, 2.05) is 18.2 Å². The highest BCUT2D eigenvalue weighted by atomic mass is 16.2. The zero-order valence-electron chi connectivity index (χ0n) is 11.2. The summed E-state index contributed by atoms with van der Waals surface area (Å²) in [5.41, 5.74) is 1.81. The predicted octanol–water partition coefficient (Wildman–Crippen LogP) is 1.63. The number of carbonyl (C=O) groups is 2. The number of nitrogens with zero attached hydrogens (tertiary/aromatic N) is 2. The summed E-state index contributed by atoms with van der Waals surface area (Å²) in [4.78, 5) is 29.4. The van der Waals surface area contributed by atoms with Crippen LogP contribution in [0.15, 0.2) is 66.6 Å². The van der Waals surface area contributed by atoms with Gasteiger partial charge in [-0.25, -0.2) is 4.90 Å². The van der Waals surface area contributed by atoms with Gasteiger partial charge in [0.15, 0.2) is 0 Å². The fraction of sp³-hybridized carbons (Fsp3) is 0.0625. The Labute approximate surface area is 121 Å². The van der Waals surface area contributed by atoms with Crippen LogP contribution in [0.2, 0.25) is 0 Å². The van der Waals surface area contributed by atoms with Crippen LogP contribution in [0.25, 0.3) is 0 Å². The predicted molar refractivity (Wildman–Crippen MR) is 78.1 cm³/mol. The third-order valence-corrected chi connectivity index (χ3v) is 3.14. The van der Waals surface area contributed by atoms with E-state index in [1.54, 1.807) is 36.7 Å². The molecule has 1 aromatic carbocycles. The molecular formula is C16H13N3O2. The molecule has 0 bridgehead atoms. The van der Waals surface area contributed by atoms with Gasteiger partial charge in [0, 0.05) is 25.0 Å². The van der Waals surface area contributed by atoms with Gasteiger partial charge in [0.05, 0.1) is 5.69 Å². The Hall–Kier alpha value is -2.95. The van der Waals surface area contributed by atoms with Crippen LogP contribution in [-0.2, 0) is 16.1 Å². The molecule has 1 aliphatic rings. The quantitative estimate of drug-likeness (QED) is 0.864. The Morgan fingerprint density at radius 1 is 1.05 bits per heavy atom. The Morgan fingerprint density at radius 3 is 2.57 bits per heavy atom. The zero-order chi connectivity index (χ0) is 14.7. The molecule has 3 rings (SSSR count). The van der Waals surface area contributed by atoms with Crippen LogP contribution in [-0.4, -0.2) is 16.8 Å². The molecule has 0 saturated heterocycles. The number of anilines is 1. The molecule has 0 aliphatic carbocycles. The van der Waals surface area contributed by atoms with E-state index in [0.717, 1.165) is 10.5 Å². The van der Waals surface area contributed by atoms with Crippen LogP contribution in [0.4, 0.5) is 5.69 Å². The molecule has 0 unspecified atom stereocenters. The molecule has 1 aliphatic heterocycles. The molecule has 0 saturated carbocycles. The second-order valence-corrected chi connectivity index (χ2v) is 4.59. The number of amides is 2. The fourth-order valence-electron chi connectivity index (χ4n) is 2.12. The van der Waals surface area contributed by atoms with Crippen molar-refractivity contribution in [2.45, 2.75) is 6.54 Å². The summed E-state index contributed by atoms with van der Waals surface area (Å²) in [6, 6.07) is 12.6. The van der Waals surface area contributed by atoms with Crippen molar-refractivity contribution < 1.29 is 9.59 Å². The van der Waals surface area contributed by atoms with E-state index in [2.05, 4.69) is 10.3 Å². The topological polar surface area (TPSA) is 62.3 Å². The number of imide groups is 1. The lowest BCUT2D eigenvalue weighted by Crippen LogP contribution is -2.33. The normalized spacial score (nSPS) is 14.3. The second kappa shape index (κ2) is 5.58. The summed E-state index contributed by atoms with van der Waals surface area (Å²) in [6.07, 6.45) is 4.72. The standard InChI is InChI=1S/C16H13N3O2/c20-15-9-14(18-11-12-5-4-8-17-10-12)16(21)19(15)13-6-2-1-3-7-13/h1-10,18H,11H2. The van der Waals surface area contributed by atoms with Crippen LogP contribution < -0.4 is 10.2 Å². The van der Waals surface area contributed by atoms with Crippen LogP contribution in [0.3, 0.4) is 0 Å². The summed E-state index contributed by atoms with van der Waals surface area (Å²) in [7, 11) is 0. The molecule has 0 radical (unpaired) electrons. The minimum atomic E-state index is -0.338. The molecule has 0 atom stereocenters. The van der Waals surface area contributed by atoms with E-state index < -0.39 is 0 Å². The van der Waals surface area contributed by atoms with Gasteiger partial charge in [0.2, 0.25) is 0 Å². The number of hydrogen-bond donors (Lipinski definition) is 1. The molecular weight excluding hydrogens is 266 g/mol. The largest absolute Gasteiger partial charge is 0.376 e. The molecule has 21 heavy (non-hydrogen) atoms. The molecule has 104 valence electrons. The molecule has 1 N–H and O–H groups in total. The van der Waals surface area contributed by atoms with Gasteiger partial charge in [-0.05, 0) is 23.8 Å². The average molecular weight is 279 g/mol. The Bertz CT molecular complexity index is 696. The van der Waals surface area contributed by atoms with Crippen molar-refractivity contribution in [3.63, 3.8) is 0 Å². The Balaban J connectivity index is 1.73. The summed E-state index contributed by atoms with van der Waals surface area (Å²) >= 11 is 0. The number of para-hydroxylation sites is 1. The highest BCUT2D eigenvalue weighted by Crippen LogP contribution is 2.20. The van der Waals surface area contributed by atoms with Crippen LogP contribution in [0.5, 0.6) is 0 Å². The van der Waals surface area contributed by atoms with Gasteiger partial charge in [-0.1, -0.05) is 24.3 Å². The van der Waals surface area contributed by atoms with Gasteiger partial charge >= 0.3 is 0 Å². The average Bonchev–Trinajstić information content (AvgIpc) is 2.81. The van der Waals surface area contributed by atoms with Crippen molar-refractivity contribution in [2.75, 3.05) is 4.90 Å². The molecule has 5 nitrogen and oxygen atoms in total. The fourth-order valence-corrected chi connectivity index (χ4v) is 2.12. The van der Waals surface area contributed by atoms with Gasteiger partial charge in [0.25, 0.3) is 11.8 Å². The first-order chi connectivity index (χ1) is 10.3. The molecule has 1 aromatic heterocycles. The first-order valence-electron chi connectivity index (χ1n) is 6.53. The maximum atomic E-state index is 12.3. The van der Waals surface area contributed by atoms with Gasteiger partial charge in [-0.15, -0.1) is 0 Å². The third-order valence-electron chi connectivity index (χ3n) is 3.14. The first-order valence-corrected chi connectivity index (χ1v) is 6.53. The summed E-state index contributed by atoms with van der Waals surface area (Å²) in [5.74, 6) is -0.671. The molecule has 2 aromatic rings. The lowest BCUT2D eigenvalue weighted by molar-refractivity contribution is -0.120. The van der Waals surface area contributed by atoms with Crippen molar-refractivity contribution in [1.29, 1.82) is 0 Å². The van der Waals surface area contributed by atoms with Crippen molar-refractivity contribution in [2.24, 2.45) is 0 Å². The second-order valence-electron chi connectivity index (χ2n) is 4.59. The monoisotopic (exact) mass is 279 g/mol. The lowest BCUT2D eigenvalue weighted by Gasteiger charge is -2.15. The van der Waals surface area contributed by atoms with E-state index in [4.69, 9.17) is 0 Å². The molecule has 0 spiro atoms. The van der Waals surface area contributed by atoms with Crippen molar-refractivity contribution in [1.82, 2.24) is 10.3 Å². The number of benzene rings is 1. The number of aromatic nitrogens is 1. The smallest absolute Gasteiger partial charge is 0.281 e. The molecule has 2 heterocycles. The minimum Gasteiger partial charge on any atom is -0.376 e. The molecule has 2 amide bonds. The number of nitrogens with one attached hydrogen (secondary N) is 1. The Morgan fingerprint density at radius 2 is 1.86 bits per heavy atom. The number of carbonyl (C=O) groups excluding carboxylic acids is 2. The lowest BCUT2D eigenvalue weighted by atomic mass is 10.2. The summed E-state index contributed by atoms with van der Waals surface area (Å²) in [5, 5.41) is 2.99. The van der Waals surface area contributed by atoms with E-state index in [1.165, 1.54) is 6.08 Å². The van der Waals surface area contributed by atoms with Gasteiger partial charge in [0.1, 0.15) is 5.70 Å². The third kappa shape index (κ3) is 2.67. The number of pyridine rings is 1. The maximum Gasteiger partial charge on any atom is 0.281 e. The van der Waals surface area contributed by atoms with E-state index in [9.17, 15) is 9.59 Å². The molecule has 0 fully saturated rings. The van der Waals surface area contributed by atoms with E-state index >= 15 is 0 Å². The molecule has 5 heteroatoms. The van der Waals surface area contributed by atoms with Crippen molar-refractivity contribution in [3.05, 3.63) is 72.2 Å². The maximum absolute atomic E-state index is 12.3. The van der Waals surface area contributed by atoms with Gasteiger partial charge in [-0.2, -0.15) is 0 Å². The highest BCUT2D eigenvalue weighted by Gasteiger charge is 2.32. The van der Waals surface area contributed by atoms with Crippen LogP contribution in [0, 0.1) is 0 Å². The van der Waals surface area contributed by atoms with Gasteiger partial charge < -0.3 is 5.32 Å². The SMILES string of the molecule is O=C1C=C(NCc2cccnc2)C(=O)N1c1ccccc1. The van der Waals surface area contributed by atoms with Crippen molar-refractivity contribution in [3.8, 4) is 0 Å². The minimum absolute atomic E-state index is 0.299. The van der Waals surface area contributed by atoms with E-state index in [0.29, 0.717) is 17.9 Å². The van der Waals surface area contributed by atoms with Gasteiger partial charge in [-0.3, -0.25) is 14.6 Å². The zero-order valence-corrected chi connectivity index (χ0v) is 11.2. The summed E-state index contributed by atoms with van der Waals surface area (Å²) < 4.78 is 0. The number of rotatable bonds is 4. The van der Waals surface area contributed by atoms with Crippen molar-refractivity contribution >= 4 is 17.5 Å². The van der Waals surface area contributed by atoms with Crippen LogP contribution in [0.1, 0.15) is 5.56 Å².